The first kappa shape index (κ1) is 28.6. The number of aromatic nitrogens is 1. The molecule has 3 rings (SSSR count). The Labute approximate surface area is 222 Å². The van der Waals surface area contributed by atoms with Crippen LogP contribution in [0, 0.1) is 5.41 Å². The number of nitrogens with one attached hydrogen (secondary N) is 2. The van der Waals surface area contributed by atoms with Crippen LogP contribution < -0.4 is 20.8 Å². The van der Waals surface area contributed by atoms with Crippen molar-refractivity contribution in [3.8, 4) is 5.75 Å². The molecule has 0 spiro atoms. The Bertz CT molecular complexity index is 1090. The SMILES string of the molecule is CC1(C)COB(c2cc(OC[C@@H](Cc3ccccc3)NC(=O)OC(C)(C)C)c(NC(=O)O)nc2Cl)OC1. The quantitative estimate of drug-likeness (QED) is 0.342. The van der Waals surface area contributed by atoms with Crippen LogP contribution in [0.25, 0.3) is 0 Å². The Morgan fingerprint density at radius 1 is 1.22 bits per heavy atom. The summed E-state index contributed by atoms with van der Waals surface area (Å²) in [5.74, 6) is 0.0241. The summed E-state index contributed by atoms with van der Waals surface area (Å²) in [5, 5.41) is 14.3. The lowest BCUT2D eigenvalue weighted by atomic mass is 9.76. The molecule has 1 fully saturated rings. The summed E-state index contributed by atoms with van der Waals surface area (Å²) in [7, 11) is -0.783. The van der Waals surface area contributed by atoms with Crippen LogP contribution in [-0.4, -0.2) is 60.9 Å². The molecule has 1 aromatic heterocycles. The van der Waals surface area contributed by atoms with Crippen LogP contribution in [-0.2, 0) is 20.5 Å². The molecule has 0 bridgehead atoms. The molecule has 1 aromatic carbocycles. The number of alkyl carbamates (subject to hydrolysis) is 1. The summed E-state index contributed by atoms with van der Waals surface area (Å²) in [6.45, 7) is 10.2. The maximum atomic E-state index is 12.5. The van der Waals surface area contributed by atoms with Gasteiger partial charge in [-0.3, -0.25) is 5.32 Å². The number of pyridine rings is 1. The molecule has 1 aliphatic heterocycles. The van der Waals surface area contributed by atoms with E-state index in [-0.39, 0.29) is 28.7 Å². The molecule has 2 amide bonds. The number of ether oxygens (including phenoxy) is 2. The van der Waals surface area contributed by atoms with Gasteiger partial charge in [-0.25, -0.2) is 14.6 Å². The van der Waals surface area contributed by atoms with Gasteiger partial charge >= 0.3 is 19.3 Å². The van der Waals surface area contributed by atoms with E-state index in [9.17, 15) is 14.7 Å². The summed E-state index contributed by atoms with van der Waals surface area (Å²) in [5.41, 5.74) is 0.545. The second kappa shape index (κ2) is 12.0. The number of anilines is 1. The van der Waals surface area contributed by atoms with E-state index in [2.05, 4.69) is 15.6 Å². The Balaban J connectivity index is 1.83. The zero-order valence-electron chi connectivity index (χ0n) is 21.7. The van der Waals surface area contributed by atoms with Crippen LogP contribution in [0.3, 0.4) is 0 Å². The van der Waals surface area contributed by atoms with Crippen LogP contribution in [0.1, 0.15) is 40.2 Å². The third-order valence-electron chi connectivity index (χ3n) is 5.18. The average Bonchev–Trinajstić information content (AvgIpc) is 2.78. The summed E-state index contributed by atoms with van der Waals surface area (Å²) >= 11 is 6.36. The van der Waals surface area contributed by atoms with Crippen LogP contribution in [0.4, 0.5) is 15.4 Å². The van der Waals surface area contributed by atoms with Gasteiger partial charge in [0, 0.05) is 24.1 Å². The first-order valence-electron chi connectivity index (χ1n) is 11.9. The highest BCUT2D eigenvalue weighted by Gasteiger charge is 2.36. The second-order valence-corrected chi connectivity index (χ2v) is 11.0. The highest BCUT2D eigenvalue weighted by Crippen LogP contribution is 2.27. The first-order chi connectivity index (χ1) is 17.3. The van der Waals surface area contributed by atoms with Crippen molar-refractivity contribution in [2.24, 2.45) is 5.41 Å². The van der Waals surface area contributed by atoms with E-state index in [0.29, 0.717) is 25.1 Å². The minimum atomic E-state index is -1.33. The third-order valence-corrected chi connectivity index (χ3v) is 5.49. The Morgan fingerprint density at radius 3 is 2.46 bits per heavy atom. The Kier molecular flexibility index (Phi) is 9.28. The normalized spacial score (nSPS) is 16.0. The zero-order chi connectivity index (χ0) is 27.2. The number of halogens is 1. The molecule has 2 heterocycles. The van der Waals surface area contributed by atoms with E-state index in [0.717, 1.165) is 5.56 Å². The van der Waals surface area contributed by atoms with E-state index in [1.165, 1.54) is 6.07 Å². The van der Waals surface area contributed by atoms with Crippen molar-refractivity contribution < 1.29 is 33.5 Å². The number of hydrogen-bond donors (Lipinski definition) is 3. The minimum absolute atomic E-state index is 0.00932. The molecule has 10 nitrogen and oxygen atoms in total. The standard InChI is InChI=1S/C25H33BClN3O7/c1-24(2,3)37-23(33)28-17(11-16-9-7-6-8-10-16)13-34-19-12-18(20(27)29-21(19)30-22(31)32)26-35-14-25(4,5)15-36-26/h6-10,12,17H,11,13-15H2,1-5H3,(H,28,33)(H,29,30)(H,31,32)/t17-/m1/s1. The molecule has 200 valence electrons. The van der Waals surface area contributed by atoms with E-state index >= 15 is 0 Å². The van der Waals surface area contributed by atoms with E-state index in [4.69, 9.17) is 30.4 Å². The fourth-order valence-corrected chi connectivity index (χ4v) is 3.77. The van der Waals surface area contributed by atoms with Gasteiger partial charge in [0.2, 0.25) is 0 Å². The number of rotatable bonds is 8. The fourth-order valence-electron chi connectivity index (χ4n) is 3.54. The fraction of sp³-hybridized carbons (Fsp3) is 0.480. The number of amides is 2. The molecular weight excluding hydrogens is 501 g/mol. The Hall–Kier alpha value is -3.02. The molecule has 1 atom stereocenters. The minimum Gasteiger partial charge on any atom is -0.488 e. The number of nitrogens with zero attached hydrogens (tertiary/aromatic N) is 1. The molecule has 37 heavy (non-hydrogen) atoms. The Morgan fingerprint density at radius 2 is 1.86 bits per heavy atom. The second-order valence-electron chi connectivity index (χ2n) is 10.6. The number of carbonyl (C=O) groups excluding carboxylic acids is 1. The van der Waals surface area contributed by atoms with Crippen molar-refractivity contribution in [2.45, 2.75) is 52.7 Å². The van der Waals surface area contributed by atoms with Gasteiger partial charge in [0.25, 0.3) is 0 Å². The molecule has 1 saturated heterocycles. The zero-order valence-corrected chi connectivity index (χ0v) is 22.4. The van der Waals surface area contributed by atoms with E-state index in [1.54, 1.807) is 20.8 Å². The third kappa shape index (κ3) is 9.10. The molecule has 1 aliphatic rings. The van der Waals surface area contributed by atoms with Crippen LogP contribution in [0.2, 0.25) is 5.15 Å². The van der Waals surface area contributed by atoms with Gasteiger partial charge in [-0.2, -0.15) is 0 Å². The average molecular weight is 534 g/mol. The van der Waals surface area contributed by atoms with Crippen molar-refractivity contribution in [1.29, 1.82) is 0 Å². The largest absolute Gasteiger partial charge is 0.497 e. The highest BCUT2D eigenvalue weighted by atomic mass is 35.5. The summed E-state index contributed by atoms with van der Waals surface area (Å²) in [6.07, 6.45) is -1.48. The van der Waals surface area contributed by atoms with Gasteiger partial charge in [0.15, 0.2) is 11.6 Å². The van der Waals surface area contributed by atoms with Gasteiger partial charge in [-0.15, -0.1) is 0 Å². The summed E-state index contributed by atoms with van der Waals surface area (Å²) in [4.78, 5) is 28.0. The lowest BCUT2D eigenvalue weighted by Crippen LogP contribution is -2.48. The predicted octanol–water partition coefficient (Wildman–Crippen LogP) is 4.11. The highest BCUT2D eigenvalue weighted by molar-refractivity contribution is 6.65. The van der Waals surface area contributed by atoms with Gasteiger partial charge in [-0.05, 0) is 38.8 Å². The van der Waals surface area contributed by atoms with Crippen molar-refractivity contribution in [3.05, 3.63) is 47.1 Å². The summed E-state index contributed by atoms with van der Waals surface area (Å²) in [6, 6.07) is 10.6. The maximum absolute atomic E-state index is 12.5. The van der Waals surface area contributed by atoms with E-state index in [1.807, 2.05) is 44.2 Å². The predicted molar refractivity (Wildman–Crippen MR) is 141 cm³/mol. The van der Waals surface area contributed by atoms with Gasteiger partial charge in [0.1, 0.15) is 17.4 Å². The lowest BCUT2D eigenvalue weighted by molar-refractivity contribution is 0.0343. The van der Waals surface area contributed by atoms with Crippen molar-refractivity contribution >= 4 is 42.2 Å². The van der Waals surface area contributed by atoms with Gasteiger partial charge < -0.3 is 29.2 Å². The topological polar surface area (TPSA) is 128 Å². The molecule has 0 radical (unpaired) electrons. The molecule has 3 N–H and O–H groups in total. The van der Waals surface area contributed by atoms with Crippen LogP contribution >= 0.6 is 11.6 Å². The lowest BCUT2D eigenvalue weighted by Gasteiger charge is -2.33. The maximum Gasteiger partial charge on any atom is 0.497 e. The van der Waals surface area contributed by atoms with Crippen LogP contribution in [0.15, 0.2) is 36.4 Å². The number of hydrogen-bond acceptors (Lipinski definition) is 7. The molecule has 0 saturated carbocycles. The van der Waals surface area contributed by atoms with Crippen molar-refractivity contribution in [3.63, 3.8) is 0 Å². The molecule has 12 heteroatoms. The number of benzene rings is 1. The number of carboxylic acid groups (broad SMARTS) is 1. The van der Waals surface area contributed by atoms with Gasteiger partial charge in [-0.1, -0.05) is 55.8 Å². The molecule has 0 unspecified atom stereocenters. The molecule has 2 aromatic rings. The van der Waals surface area contributed by atoms with Gasteiger partial charge in [0.05, 0.1) is 6.04 Å². The number of carbonyl (C=O) groups is 2. The molecule has 0 aliphatic carbocycles. The first-order valence-corrected chi connectivity index (χ1v) is 12.3. The monoisotopic (exact) mass is 533 g/mol. The van der Waals surface area contributed by atoms with Crippen LogP contribution in [0.5, 0.6) is 5.75 Å². The van der Waals surface area contributed by atoms with Crippen molar-refractivity contribution in [1.82, 2.24) is 10.3 Å². The van der Waals surface area contributed by atoms with E-state index < -0.39 is 30.9 Å². The molecular formula is C25H33BClN3O7. The van der Waals surface area contributed by atoms with Crippen molar-refractivity contribution in [2.75, 3.05) is 25.1 Å². The summed E-state index contributed by atoms with van der Waals surface area (Å²) < 4.78 is 23.1. The smallest absolute Gasteiger partial charge is 0.488 e.